The van der Waals surface area contributed by atoms with Crippen LogP contribution in [-0.2, 0) is 0 Å². The maximum absolute atomic E-state index is 6.15. The highest BCUT2D eigenvalue weighted by Gasteiger charge is 2.14. The minimum atomic E-state index is 0.124. The zero-order chi connectivity index (χ0) is 18.4. The van der Waals surface area contributed by atoms with Gasteiger partial charge in [0.05, 0.1) is 6.54 Å². The monoisotopic (exact) mass is 412 g/mol. The lowest BCUT2D eigenvalue weighted by Gasteiger charge is -2.15. The number of nitrogens with two attached hydrogens (primary N) is 1. The molecule has 1 atom stereocenters. The molecule has 0 fully saturated rings. The zero-order valence-corrected chi connectivity index (χ0v) is 16.1. The number of nitrogen functional groups attached to an aromatic ring is 1. The standard InChI is InChI=1S/C20H21BrN4O/c1-14(15-7-9-16(21)10-8-15)18-13-24-20(25-19(18)22)23-11-12-26-17-5-3-2-4-6-17/h2-10,13-14H,11-12H2,1H3,(H3,22,23,24,25)/t14-/m0/s1. The molecule has 0 saturated carbocycles. The molecule has 3 N–H and O–H groups in total. The SMILES string of the molecule is C[C@@H](c1ccc(Br)cc1)c1cnc(NCCOc2ccccc2)nc1N. The first kappa shape index (κ1) is 18.2. The van der Waals surface area contributed by atoms with Gasteiger partial charge in [-0.05, 0) is 29.8 Å². The number of para-hydroxylation sites is 1. The van der Waals surface area contributed by atoms with Crippen molar-refractivity contribution in [1.82, 2.24) is 9.97 Å². The van der Waals surface area contributed by atoms with Gasteiger partial charge in [0.25, 0.3) is 0 Å². The maximum Gasteiger partial charge on any atom is 0.224 e. The Morgan fingerprint density at radius 1 is 1.12 bits per heavy atom. The predicted octanol–water partition coefficient (Wildman–Crippen LogP) is 4.46. The van der Waals surface area contributed by atoms with Crippen LogP contribution >= 0.6 is 15.9 Å². The summed E-state index contributed by atoms with van der Waals surface area (Å²) < 4.78 is 6.69. The summed E-state index contributed by atoms with van der Waals surface area (Å²) in [4.78, 5) is 8.75. The molecule has 0 radical (unpaired) electrons. The molecule has 0 amide bonds. The minimum Gasteiger partial charge on any atom is -0.492 e. The molecule has 0 aliphatic carbocycles. The molecule has 26 heavy (non-hydrogen) atoms. The number of benzene rings is 2. The fourth-order valence-corrected chi connectivity index (χ4v) is 2.87. The van der Waals surface area contributed by atoms with Crippen LogP contribution in [0.25, 0.3) is 0 Å². The summed E-state index contributed by atoms with van der Waals surface area (Å²) >= 11 is 3.45. The molecule has 3 rings (SSSR count). The Balaban J connectivity index is 1.57. The number of halogens is 1. The second-order valence-electron chi connectivity index (χ2n) is 5.90. The Bertz CT molecular complexity index is 840. The lowest BCUT2D eigenvalue weighted by molar-refractivity contribution is 0.332. The number of nitrogens with zero attached hydrogens (tertiary/aromatic N) is 2. The average molecular weight is 413 g/mol. The normalized spacial score (nSPS) is 11.8. The van der Waals surface area contributed by atoms with Gasteiger partial charge >= 0.3 is 0 Å². The Morgan fingerprint density at radius 2 is 1.85 bits per heavy atom. The van der Waals surface area contributed by atoms with E-state index in [4.69, 9.17) is 10.5 Å². The molecule has 0 unspecified atom stereocenters. The van der Waals surface area contributed by atoms with Crippen LogP contribution in [0.1, 0.15) is 24.0 Å². The summed E-state index contributed by atoms with van der Waals surface area (Å²) in [5, 5.41) is 3.14. The largest absolute Gasteiger partial charge is 0.492 e. The third-order valence-corrected chi connectivity index (χ3v) is 4.61. The summed E-state index contributed by atoms with van der Waals surface area (Å²) in [5.41, 5.74) is 8.24. The second kappa shape index (κ2) is 8.67. The molecule has 2 aromatic carbocycles. The molecule has 5 nitrogen and oxygen atoms in total. The smallest absolute Gasteiger partial charge is 0.224 e. The number of anilines is 2. The van der Waals surface area contributed by atoms with Gasteiger partial charge < -0.3 is 15.8 Å². The highest BCUT2D eigenvalue weighted by Crippen LogP contribution is 2.28. The van der Waals surface area contributed by atoms with Gasteiger partial charge in [-0.2, -0.15) is 4.98 Å². The highest BCUT2D eigenvalue weighted by atomic mass is 79.9. The van der Waals surface area contributed by atoms with Crippen LogP contribution in [0.3, 0.4) is 0 Å². The van der Waals surface area contributed by atoms with Gasteiger partial charge in [0.2, 0.25) is 5.95 Å². The molecular formula is C20H21BrN4O. The van der Waals surface area contributed by atoms with Crippen LogP contribution in [0.2, 0.25) is 0 Å². The van der Waals surface area contributed by atoms with E-state index in [1.807, 2.05) is 42.5 Å². The van der Waals surface area contributed by atoms with Crippen molar-refractivity contribution in [3.05, 3.63) is 76.4 Å². The number of nitrogens with one attached hydrogen (secondary N) is 1. The van der Waals surface area contributed by atoms with Gasteiger partial charge in [-0.1, -0.05) is 53.2 Å². The van der Waals surface area contributed by atoms with Gasteiger partial charge in [-0.15, -0.1) is 0 Å². The third-order valence-electron chi connectivity index (χ3n) is 4.08. The van der Waals surface area contributed by atoms with Crippen molar-refractivity contribution in [3.63, 3.8) is 0 Å². The highest BCUT2D eigenvalue weighted by molar-refractivity contribution is 9.10. The first-order chi connectivity index (χ1) is 12.6. The summed E-state index contributed by atoms with van der Waals surface area (Å²) in [6.45, 7) is 3.21. The van der Waals surface area contributed by atoms with Crippen LogP contribution in [0.4, 0.5) is 11.8 Å². The van der Waals surface area contributed by atoms with Crippen LogP contribution in [0, 0.1) is 0 Å². The van der Waals surface area contributed by atoms with Crippen LogP contribution in [0.5, 0.6) is 5.75 Å². The lowest BCUT2D eigenvalue weighted by atomic mass is 9.95. The molecule has 6 heteroatoms. The van der Waals surface area contributed by atoms with E-state index in [0.717, 1.165) is 15.8 Å². The van der Waals surface area contributed by atoms with Crippen molar-refractivity contribution >= 4 is 27.7 Å². The zero-order valence-electron chi connectivity index (χ0n) is 14.5. The van der Waals surface area contributed by atoms with E-state index in [9.17, 15) is 0 Å². The van der Waals surface area contributed by atoms with Crippen LogP contribution in [-0.4, -0.2) is 23.1 Å². The fraction of sp³-hybridized carbons (Fsp3) is 0.200. The van der Waals surface area contributed by atoms with Crippen LogP contribution in [0.15, 0.2) is 65.3 Å². The number of hydrogen-bond donors (Lipinski definition) is 2. The molecule has 3 aromatic rings. The topological polar surface area (TPSA) is 73.1 Å². The molecule has 0 spiro atoms. The van der Waals surface area contributed by atoms with E-state index in [0.29, 0.717) is 24.9 Å². The van der Waals surface area contributed by atoms with Crippen LogP contribution < -0.4 is 15.8 Å². The molecule has 0 saturated heterocycles. The van der Waals surface area contributed by atoms with Crippen molar-refractivity contribution in [1.29, 1.82) is 0 Å². The molecular weight excluding hydrogens is 392 g/mol. The Labute approximate surface area is 161 Å². The number of aromatic nitrogens is 2. The first-order valence-corrected chi connectivity index (χ1v) is 9.22. The van der Waals surface area contributed by atoms with Gasteiger partial charge in [-0.25, -0.2) is 4.98 Å². The average Bonchev–Trinajstić information content (AvgIpc) is 2.66. The molecule has 134 valence electrons. The summed E-state index contributed by atoms with van der Waals surface area (Å²) in [6.07, 6.45) is 1.79. The van der Waals surface area contributed by atoms with E-state index in [1.54, 1.807) is 6.20 Å². The third kappa shape index (κ3) is 4.73. The number of hydrogen-bond acceptors (Lipinski definition) is 5. The Kier molecular flexibility index (Phi) is 6.07. The van der Waals surface area contributed by atoms with Gasteiger partial charge in [0, 0.05) is 22.2 Å². The van der Waals surface area contributed by atoms with E-state index in [-0.39, 0.29) is 5.92 Å². The van der Waals surface area contributed by atoms with Gasteiger partial charge in [-0.3, -0.25) is 0 Å². The van der Waals surface area contributed by atoms with Crippen molar-refractivity contribution in [2.75, 3.05) is 24.2 Å². The quantitative estimate of drug-likeness (QED) is 0.560. The molecule has 0 aliphatic rings. The number of rotatable bonds is 7. The van der Waals surface area contributed by atoms with Crippen molar-refractivity contribution in [2.24, 2.45) is 0 Å². The fourth-order valence-electron chi connectivity index (χ4n) is 2.60. The molecule has 1 heterocycles. The predicted molar refractivity (Wildman–Crippen MR) is 109 cm³/mol. The summed E-state index contributed by atoms with van der Waals surface area (Å²) in [7, 11) is 0. The second-order valence-corrected chi connectivity index (χ2v) is 6.81. The van der Waals surface area contributed by atoms with Crippen molar-refractivity contribution < 1.29 is 4.74 Å². The number of ether oxygens (including phenoxy) is 1. The Hall–Kier alpha value is -2.60. The van der Waals surface area contributed by atoms with E-state index < -0.39 is 0 Å². The lowest BCUT2D eigenvalue weighted by Crippen LogP contribution is -2.14. The van der Waals surface area contributed by atoms with Gasteiger partial charge in [0.15, 0.2) is 0 Å². The molecule has 0 aliphatic heterocycles. The van der Waals surface area contributed by atoms with Crippen molar-refractivity contribution in [3.8, 4) is 5.75 Å². The summed E-state index contributed by atoms with van der Waals surface area (Å²) in [6, 6.07) is 17.9. The minimum absolute atomic E-state index is 0.124. The first-order valence-electron chi connectivity index (χ1n) is 8.43. The van der Waals surface area contributed by atoms with Gasteiger partial charge in [0.1, 0.15) is 18.2 Å². The van der Waals surface area contributed by atoms with E-state index in [1.165, 1.54) is 5.56 Å². The van der Waals surface area contributed by atoms with E-state index >= 15 is 0 Å². The Morgan fingerprint density at radius 3 is 2.54 bits per heavy atom. The summed E-state index contributed by atoms with van der Waals surface area (Å²) in [5.74, 6) is 1.96. The molecule has 0 bridgehead atoms. The van der Waals surface area contributed by atoms with Crippen molar-refractivity contribution in [2.45, 2.75) is 12.8 Å². The molecule has 1 aromatic heterocycles. The van der Waals surface area contributed by atoms with E-state index in [2.05, 4.69) is 50.3 Å². The maximum atomic E-state index is 6.15.